The molecule has 3 aromatic rings. The smallest absolute Gasteiger partial charge is 0.465 e. The zero-order chi connectivity index (χ0) is 32.7. The van der Waals surface area contributed by atoms with E-state index < -0.39 is 78.9 Å². The second-order valence-electron chi connectivity index (χ2n) is 10.5. The van der Waals surface area contributed by atoms with Gasteiger partial charge in [0.15, 0.2) is 29.6 Å². The lowest BCUT2D eigenvalue weighted by Crippen LogP contribution is -2.24. The van der Waals surface area contributed by atoms with E-state index in [0.29, 0.717) is 5.75 Å². The lowest BCUT2D eigenvalue weighted by Gasteiger charge is -2.24. The molecule has 3 heterocycles. The number of aryl methyl sites for hydroxylation is 3. The van der Waals surface area contributed by atoms with Gasteiger partial charge >= 0.3 is 37.0 Å². The Hall–Kier alpha value is -3.53. The first kappa shape index (κ1) is 35.0. The summed E-state index contributed by atoms with van der Waals surface area (Å²) in [7, 11) is -5.25. The third-order valence-corrected chi connectivity index (χ3v) is 9.39. The average Bonchev–Trinajstić information content (AvgIpc) is 3.54. The highest BCUT2D eigenvalue weighted by Crippen LogP contribution is 2.52. The number of carbonyl (C=O) groups is 2. The summed E-state index contributed by atoms with van der Waals surface area (Å²) >= 11 is 0. The SMILES string of the molecule is Cc1oc(=O)oc1COC(=O)C(CCC(=O)OCCS(C)(C)C)CP(=O)(OCc1oc(=O)oc1C)OCc1oc(=O)oc1C. The Bertz CT molecular complexity index is 1580. The van der Waals surface area contributed by atoms with Gasteiger partial charge in [0.25, 0.3) is 0 Å². The largest absolute Gasteiger partial charge is 0.519 e. The van der Waals surface area contributed by atoms with Gasteiger partial charge in [0.1, 0.15) is 24.7 Å². The van der Waals surface area contributed by atoms with E-state index in [4.69, 9.17) is 45.0 Å². The second kappa shape index (κ2) is 15.0. The summed E-state index contributed by atoms with van der Waals surface area (Å²) < 4.78 is 64.7. The fraction of sp³-hybridized carbons (Fsp3) is 0.577. The molecule has 3 aromatic heterocycles. The molecule has 246 valence electrons. The number of rotatable bonds is 17. The van der Waals surface area contributed by atoms with Crippen molar-refractivity contribution in [3.8, 4) is 0 Å². The molecule has 0 aliphatic rings. The topological polar surface area (TPSA) is 218 Å². The van der Waals surface area contributed by atoms with E-state index in [0.717, 1.165) is 0 Å². The highest BCUT2D eigenvalue weighted by molar-refractivity contribution is 8.32. The molecule has 3 rings (SSSR count). The molecule has 0 N–H and O–H groups in total. The standard InChI is InChI=1S/C26H35O16PS/c1-15-19(40-24(29)37-15)11-34-23(28)18(7-8-22(27)33-9-10-44(4,5)6)14-43(32,35-12-20-16(2)38-25(30)41-20)36-13-21-17(3)39-26(31)42-21/h18H,7-14H2,1-6H3. The van der Waals surface area contributed by atoms with Crippen LogP contribution in [0.3, 0.4) is 0 Å². The molecule has 0 aromatic carbocycles. The highest BCUT2D eigenvalue weighted by Gasteiger charge is 2.36. The van der Waals surface area contributed by atoms with Crippen molar-refractivity contribution in [3.05, 3.63) is 66.4 Å². The van der Waals surface area contributed by atoms with Gasteiger partial charge < -0.3 is 45.0 Å². The van der Waals surface area contributed by atoms with Crippen molar-refractivity contribution in [2.45, 2.75) is 53.4 Å². The van der Waals surface area contributed by atoms with Crippen LogP contribution in [-0.4, -0.2) is 49.2 Å². The molecule has 0 aliphatic carbocycles. The molecule has 0 amide bonds. The summed E-state index contributed by atoms with van der Waals surface area (Å²) in [5.74, 6) is -5.11. The maximum atomic E-state index is 14.0. The van der Waals surface area contributed by atoms with Crippen LogP contribution in [0.4, 0.5) is 0 Å². The van der Waals surface area contributed by atoms with Crippen LogP contribution in [0.15, 0.2) is 40.9 Å². The van der Waals surface area contributed by atoms with Gasteiger partial charge in [-0.25, -0.2) is 24.4 Å². The van der Waals surface area contributed by atoms with Crippen LogP contribution in [0.5, 0.6) is 0 Å². The predicted molar refractivity (Wildman–Crippen MR) is 152 cm³/mol. The Labute approximate surface area is 251 Å². The van der Waals surface area contributed by atoms with Gasteiger partial charge in [-0.1, -0.05) is 0 Å². The van der Waals surface area contributed by atoms with E-state index in [2.05, 4.69) is 18.8 Å². The van der Waals surface area contributed by atoms with Crippen molar-refractivity contribution in [2.75, 3.05) is 37.3 Å². The van der Waals surface area contributed by atoms with Crippen LogP contribution in [-0.2, 0) is 52.5 Å². The lowest BCUT2D eigenvalue weighted by molar-refractivity contribution is -0.150. The van der Waals surface area contributed by atoms with E-state index in [9.17, 15) is 28.5 Å². The Kier molecular flexibility index (Phi) is 11.9. The van der Waals surface area contributed by atoms with Crippen LogP contribution in [0, 0.1) is 26.7 Å². The number of esters is 2. The Balaban J connectivity index is 1.81. The minimum atomic E-state index is -4.33. The van der Waals surface area contributed by atoms with Crippen molar-refractivity contribution < 1.29 is 59.2 Å². The van der Waals surface area contributed by atoms with E-state index in [1.165, 1.54) is 20.8 Å². The number of ether oxygens (including phenoxy) is 2. The molecular weight excluding hydrogens is 631 g/mol. The first-order valence-corrected chi connectivity index (χ1v) is 17.9. The summed E-state index contributed by atoms with van der Waals surface area (Å²) in [6, 6.07) is 0. The van der Waals surface area contributed by atoms with Gasteiger partial charge in [-0.3, -0.25) is 14.2 Å². The number of hydrogen-bond acceptors (Lipinski definition) is 16. The molecule has 0 bridgehead atoms. The van der Waals surface area contributed by atoms with Gasteiger partial charge in [-0.2, -0.15) is 0 Å². The molecule has 0 spiro atoms. The van der Waals surface area contributed by atoms with Crippen LogP contribution in [0.2, 0.25) is 0 Å². The van der Waals surface area contributed by atoms with Crippen LogP contribution >= 0.6 is 17.6 Å². The van der Waals surface area contributed by atoms with Gasteiger partial charge in [-0.15, -0.1) is 0 Å². The molecule has 0 fully saturated rings. The minimum absolute atomic E-state index is 0.0437. The Morgan fingerprint density at radius 3 is 1.59 bits per heavy atom. The van der Waals surface area contributed by atoms with E-state index >= 15 is 0 Å². The number of carbonyl (C=O) groups excluding carboxylic acids is 2. The summed E-state index contributed by atoms with van der Waals surface area (Å²) in [5, 5.41) is 0. The van der Waals surface area contributed by atoms with E-state index in [1.807, 2.05) is 0 Å². The minimum Gasteiger partial charge on any atom is -0.465 e. The first-order valence-electron chi connectivity index (χ1n) is 13.2. The second-order valence-corrected chi connectivity index (χ2v) is 17.2. The third-order valence-electron chi connectivity index (χ3n) is 6.07. The maximum Gasteiger partial charge on any atom is 0.519 e. The zero-order valence-electron chi connectivity index (χ0n) is 25.1. The molecule has 0 saturated heterocycles. The molecule has 0 saturated carbocycles. The van der Waals surface area contributed by atoms with Gasteiger partial charge in [0.05, 0.1) is 18.7 Å². The lowest BCUT2D eigenvalue weighted by atomic mass is 10.1. The first-order chi connectivity index (χ1) is 20.5. The quantitative estimate of drug-likeness (QED) is 0.148. The van der Waals surface area contributed by atoms with Crippen molar-refractivity contribution in [1.82, 2.24) is 0 Å². The molecule has 44 heavy (non-hydrogen) atoms. The molecule has 16 nitrogen and oxygen atoms in total. The Morgan fingerprint density at radius 2 is 1.18 bits per heavy atom. The third kappa shape index (κ3) is 10.9. The van der Waals surface area contributed by atoms with Gasteiger partial charge in [0.2, 0.25) is 0 Å². The fourth-order valence-corrected chi connectivity index (χ4v) is 5.92. The maximum absolute atomic E-state index is 14.0. The molecule has 0 aliphatic heterocycles. The van der Waals surface area contributed by atoms with Crippen molar-refractivity contribution in [1.29, 1.82) is 0 Å². The Morgan fingerprint density at radius 1 is 0.727 bits per heavy atom. The highest BCUT2D eigenvalue weighted by atomic mass is 32.3. The summed E-state index contributed by atoms with van der Waals surface area (Å²) in [4.78, 5) is 60.0. The van der Waals surface area contributed by atoms with Crippen LogP contribution in [0.25, 0.3) is 0 Å². The monoisotopic (exact) mass is 666 g/mol. The summed E-state index contributed by atoms with van der Waals surface area (Å²) in [6.45, 7) is 2.87. The average molecular weight is 667 g/mol. The van der Waals surface area contributed by atoms with E-state index in [-0.39, 0.29) is 54.0 Å². The molecule has 1 atom stereocenters. The molecule has 18 heteroatoms. The van der Waals surface area contributed by atoms with Crippen molar-refractivity contribution in [2.24, 2.45) is 5.92 Å². The normalized spacial score (nSPS) is 13.1. The van der Waals surface area contributed by atoms with E-state index in [1.54, 1.807) is 0 Å². The van der Waals surface area contributed by atoms with Crippen LogP contribution < -0.4 is 17.5 Å². The van der Waals surface area contributed by atoms with Crippen molar-refractivity contribution in [3.63, 3.8) is 0 Å². The van der Waals surface area contributed by atoms with Gasteiger partial charge in [-0.05, 0) is 46.0 Å². The molecule has 0 radical (unpaired) electrons. The fourth-order valence-electron chi connectivity index (χ4n) is 3.55. The summed E-state index contributed by atoms with van der Waals surface area (Å²) in [5.41, 5.74) is 0. The number of hydrogen-bond donors (Lipinski definition) is 0. The van der Waals surface area contributed by atoms with Gasteiger partial charge in [0, 0.05) is 12.2 Å². The van der Waals surface area contributed by atoms with Crippen LogP contribution in [0.1, 0.15) is 47.4 Å². The van der Waals surface area contributed by atoms with Crippen molar-refractivity contribution >= 4 is 29.6 Å². The zero-order valence-corrected chi connectivity index (χ0v) is 26.8. The predicted octanol–water partition coefficient (Wildman–Crippen LogP) is 3.55. The summed E-state index contributed by atoms with van der Waals surface area (Å²) in [6.07, 6.45) is 5.15. The molecular formula is C26H35O16PS. The molecule has 1 unspecified atom stereocenters.